The number of methoxy groups -OCH3 is 1. The molecule has 8 heteroatoms. The fourth-order valence-electron chi connectivity index (χ4n) is 3.02. The lowest BCUT2D eigenvalue weighted by molar-refractivity contribution is 0.0135. The summed E-state index contributed by atoms with van der Waals surface area (Å²) in [5.74, 6) is 0.741. The van der Waals surface area contributed by atoms with Crippen LogP contribution in [0.2, 0.25) is 5.02 Å². The first-order chi connectivity index (χ1) is 14.6. The molecule has 31 heavy (non-hydrogen) atoms. The topological polar surface area (TPSA) is 68.2 Å². The molecule has 2 rings (SSSR count). The van der Waals surface area contributed by atoms with Crippen molar-refractivity contribution >= 4 is 17.7 Å². The van der Waals surface area contributed by atoms with Gasteiger partial charge in [0.05, 0.1) is 24.8 Å². The molecule has 0 aliphatic heterocycles. The van der Waals surface area contributed by atoms with E-state index in [0.717, 1.165) is 0 Å². The number of ether oxygens (including phenoxy) is 3. The number of rotatable bonds is 8. The summed E-state index contributed by atoms with van der Waals surface area (Å²) in [5.41, 5.74) is 0.292. The number of hydrogen-bond acceptors (Lipinski definition) is 5. The lowest BCUT2D eigenvalue weighted by Gasteiger charge is -2.32. The molecule has 0 aliphatic rings. The third-order valence-electron chi connectivity index (χ3n) is 4.52. The van der Waals surface area contributed by atoms with Gasteiger partial charge in [0.15, 0.2) is 0 Å². The summed E-state index contributed by atoms with van der Waals surface area (Å²) in [6.45, 7) is 6.78. The number of nitrogens with zero attached hydrogens (tertiary/aromatic N) is 1. The van der Waals surface area contributed by atoms with Crippen LogP contribution in [-0.2, 0) is 11.3 Å². The van der Waals surface area contributed by atoms with Crippen LogP contribution in [0.15, 0.2) is 36.4 Å². The third-order valence-corrected chi connectivity index (χ3v) is 4.86. The number of aliphatic hydroxyl groups excluding tert-OH is 1. The molecule has 1 N–H and O–H groups in total. The average Bonchev–Trinajstić information content (AvgIpc) is 2.69. The minimum absolute atomic E-state index is 0.0169. The third kappa shape index (κ3) is 7.01. The summed E-state index contributed by atoms with van der Waals surface area (Å²) in [7, 11) is 1.57. The molecule has 170 valence electrons. The van der Waals surface area contributed by atoms with Gasteiger partial charge in [-0.1, -0.05) is 11.6 Å². The minimum Gasteiger partial charge on any atom is -0.497 e. The van der Waals surface area contributed by atoms with Crippen molar-refractivity contribution in [2.45, 2.75) is 45.9 Å². The Morgan fingerprint density at radius 2 is 1.81 bits per heavy atom. The van der Waals surface area contributed by atoms with Gasteiger partial charge in [-0.2, -0.15) is 0 Å². The van der Waals surface area contributed by atoms with Crippen molar-refractivity contribution in [1.82, 2.24) is 4.90 Å². The molecular formula is C23H29ClFNO5. The van der Waals surface area contributed by atoms with Crippen LogP contribution in [0.1, 0.15) is 44.9 Å². The van der Waals surface area contributed by atoms with Crippen LogP contribution in [0, 0.1) is 5.82 Å². The maximum absolute atomic E-state index is 14.2. The molecule has 0 bridgehead atoms. The first-order valence-electron chi connectivity index (χ1n) is 9.91. The summed E-state index contributed by atoms with van der Waals surface area (Å²) in [6.07, 6.45) is -0.614. The molecule has 1 atom stereocenters. The number of carbonyl (C=O) groups is 1. The van der Waals surface area contributed by atoms with E-state index in [4.69, 9.17) is 25.8 Å². The summed E-state index contributed by atoms with van der Waals surface area (Å²) in [6, 6.07) is 8.92. The normalized spacial score (nSPS) is 12.3. The number of carbonyl (C=O) groups excluding carboxylic acids is 1. The number of halogens is 2. The Hall–Kier alpha value is -2.51. The van der Waals surface area contributed by atoms with Gasteiger partial charge in [-0.15, -0.1) is 0 Å². The lowest BCUT2D eigenvalue weighted by Crippen LogP contribution is -2.40. The highest BCUT2D eigenvalue weighted by molar-refractivity contribution is 6.31. The second kappa shape index (κ2) is 10.7. The zero-order valence-corrected chi connectivity index (χ0v) is 19.2. The number of hydrogen-bond donors (Lipinski definition) is 1. The second-order valence-corrected chi connectivity index (χ2v) is 8.40. The maximum atomic E-state index is 14.2. The number of aliphatic hydroxyl groups is 1. The first-order valence-corrected chi connectivity index (χ1v) is 10.3. The van der Waals surface area contributed by atoms with E-state index in [2.05, 4.69) is 0 Å². The van der Waals surface area contributed by atoms with Crippen LogP contribution < -0.4 is 9.47 Å². The Bertz CT molecular complexity index is 883. The van der Waals surface area contributed by atoms with Gasteiger partial charge in [0, 0.05) is 12.1 Å². The van der Waals surface area contributed by atoms with E-state index in [1.807, 2.05) is 0 Å². The van der Waals surface area contributed by atoms with Crippen molar-refractivity contribution in [3.63, 3.8) is 0 Å². The summed E-state index contributed by atoms with van der Waals surface area (Å²) in [5, 5.41) is 9.65. The highest BCUT2D eigenvalue weighted by atomic mass is 35.5. The minimum atomic E-state index is -0.718. The van der Waals surface area contributed by atoms with Gasteiger partial charge in [-0.3, -0.25) is 4.90 Å². The van der Waals surface area contributed by atoms with Gasteiger partial charge in [0.2, 0.25) is 0 Å². The molecule has 0 heterocycles. The SMILES string of the molecule is COc1ccc(OCc2c(Cl)cc(F)cc2C(C)N(CCO)C(=O)OC(C)(C)C)cc1. The molecule has 0 radical (unpaired) electrons. The van der Waals surface area contributed by atoms with Crippen molar-refractivity contribution in [2.75, 3.05) is 20.3 Å². The summed E-state index contributed by atoms with van der Waals surface area (Å²) < 4.78 is 30.6. The van der Waals surface area contributed by atoms with Crippen LogP contribution in [0.3, 0.4) is 0 Å². The van der Waals surface area contributed by atoms with Crippen LogP contribution in [0.5, 0.6) is 11.5 Å². The maximum Gasteiger partial charge on any atom is 0.410 e. The zero-order valence-electron chi connectivity index (χ0n) is 18.4. The molecule has 0 aromatic heterocycles. The van der Waals surface area contributed by atoms with Crippen LogP contribution in [-0.4, -0.2) is 42.0 Å². The Kier molecular flexibility index (Phi) is 8.53. The summed E-state index contributed by atoms with van der Waals surface area (Å²) in [4.78, 5) is 14.0. The van der Waals surface area contributed by atoms with Crippen molar-refractivity contribution in [2.24, 2.45) is 0 Å². The Labute approximate surface area is 187 Å². The van der Waals surface area contributed by atoms with Crippen molar-refractivity contribution in [3.8, 4) is 11.5 Å². The van der Waals surface area contributed by atoms with E-state index >= 15 is 0 Å². The molecule has 6 nitrogen and oxygen atoms in total. The smallest absolute Gasteiger partial charge is 0.410 e. The Morgan fingerprint density at radius 1 is 1.19 bits per heavy atom. The largest absolute Gasteiger partial charge is 0.497 e. The highest BCUT2D eigenvalue weighted by Crippen LogP contribution is 2.32. The quantitative estimate of drug-likeness (QED) is 0.583. The van der Waals surface area contributed by atoms with Gasteiger partial charge >= 0.3 is 6.09 Å². The molecule has 0 aliphatic carbocycles. The molecule has 0 saturated heterocycles. The van der Waals surface area contributed by atoms with Crippen molar-refractivity contribution < 1.29 is 28.5 Å². The van der Waals surface area contributed by atoms with Crippen molar-refractivity contribution in [3.05, 3.63) is 58.4 Å². The highest BCUT2D eigenvalue weighted by Gasteiger charge is 2.29. The van der Waals surface area contributed by atoms with Gasteiger partial charge in [0.25, 0.3) is 0 Å². The van der Waals surface area contributed by atoms with Crippen molar-refractivity contribution in [1.29, 1.82) is 0 Å². The Balaban J connectivity index is 2.33. The molecule has 0 spiro atoms. The number of benzene rings is 2. The van der Waals surface area contributed by atoms with E-state index in [1.54, 1.807) is 59.1 Å². The molecule has 0 fully saturated rings. The van der Waals surface area contributed by atoms with E-state index in [9.17, 15) is 14.3 Å². The standard InChI is InChI=1S/C23H29ClFNO5/c1-15(26(10-11-27)22(28)31-23(2,3)4)19-12-16(25)13-21(24)20(19)14-30-18-8-6-17(29-5)7-9-18/h6-9,12-13,15,27H,10-11,14H2,1-5H3. The van der Waals surface area contributed by atoms with E-state index in [0.29, 0.717) is 22.6 Å². The molecule has 1 unspecified atom stereocenters. The molecule has 2 aromatic rings. The van der Waals surface area contributed by atoms with Gasteiger partial charge < -0.3 is 19.3 Å². The van der Waals surface area contributed by atoms with Gasteiger partial charge in [-0.05, 0) is 69.7 Å². The molecule has 1 amide bonds. The van der Waals surface area contributed by atoms with Crippen LogP contribution in [0.4, 0.5) is 9.18 Å². The molecule has 0 saturated carbocycles. The zero-order chi connectivity index (χ0) is 23.2. The Morgan fingerprint density at radius 3 is 2.35 bits per heavy atom. The van der Waals surface area contributed by atoms with E-state index < -0.39 is 23.6 Å². The average molecular weight is 454 g/mol. The lowest BCUT2D eigenvalue weighted by atomic mass is 10.00. The van der Waals surface area contributed by atoms with E-state index in [-0.39, 0.29) is 24.8 Å². The fourth-order valence-corrected chi connectivity index (χ4v) is 3.28. The van der Waals surface area contributed by atoms with Gasteiger partial charge in [-0.25, -0.2) is 9.18 Å². The number of amides is 1. The first kappa shape index (κ1) is 24.8. The van der Waals surface area contributed by atoms with Crippen LogP contribution >= 0.6 is 11.6 Å². The summed E-state index contributed by atoms with van der Waals surface area (Å²) >= 11 is 6.34. The molecular weight excluding hydrogens is 425 g/mol. The second-order valence-electron chi connectivity index (χ2n) is 7.99. The predicted octanol–water partition coefficient (Wildman–Crippen LogP) is 5.36. The van der Waals surface area contributed by atoms with Gasteiger partial charge in [0.1, 0.15) is 29.5 Å². The van der Waals surface area contributed by atoms with E-state index in [1.165, 1.54) is 17.0 Å². The van der Waals surface area contributed by atoms with Crippen LogP contribution in [0.25, 0.3) is 0 Å². The molecule has 2 aromatic carbocycles. The fraction of sp³-hybridized carbons (Fsp3) is 0.435. The monoisotopic (exact) mass is 453 g/mol. The predicted molar refractivity (Wildman–Crippen MR) is 117 cm³/mol.